The first kappa shape index (κ1) is 28.1. The molecular weight excluding hydrogens is 521 g/mol. The van der Waals surface area contributed by atoms with Crippen molar-refractivity contribution >= 4 is 35.0 Å². The number of nitrogens with one attached hydrogen (secondary N) is 1. The van der Waals surface area contributed by atoms with Crippen LogP contribution in [0, 0.1) is 0 Å². The third-order valence-electron chi connectivity index (χ3n) is 6.64. The minimum Gasteiger partial charge on any atom is -0.379 e. The van der Waals surface area contributed by atoms with E-state index in [0.717, 1.165) is 36.3 Å². The van der Waals surface area contributed by atoms with E-state index in [0.29, 0.717) is 36.2 Å². The maximum Gasteiger partial charge on any atom is 0.243 e. The molecule has 0 bridgehead atoms. The van der Waals surface area contributed by atoms with Gasteiger partial charge in [0, 0.05) is 49.2 Å². The summed E-state index contributed by atoms with van der Waals surface area (Å²) in [6.45, 7) is 4.65. The molecule has 0 unspecified atom stereocenters. The lowest BCUT2D eigenvalue weighted by molar-refractivity contribution is -0.140. The second-order valence-corrected chi connectivity index (χ2v) is 10.3. The molecule has 200 valence electrons. The van der Waals surface area contributed by atoms with Gasteiger partial charge in [0.25, 0.3) is 0 Å². The fourth-order valence-electron chi connectivity index (χ4n) is 4.50. The Labute approximate surface area is 234 Å². The number of nitrogens with zero attached hydrogens (tertiary/aromatic N) is 2. The monoisotopic (exact) mass is 553 g/mol. The zero-order valence-electron chi connectivity index (χ0n) is 21.3. The number of carbonyl (C=O) groups excluding carboxylic acids is 2. The molecule has 3 aromatic carbocycles. The van der Waals surface area contributed by atoms with Crippen LogP contribution in [0.1, 0.15) is 16.7 Å². The van der Waals surface area contributed by atoms with Crippen LogP contribution in [0.25, 0.3) is 0 Å². The van der Waals surface area contributed by atoms with Gasteiger partial charge in [0.1, 0.15) is 6.04 Å². The zero-order valence-corrected chi connectivity index (χ0v) is 22.8. The Morgan fingerprint density at radius 1 is 0.842 bits per heavy atom. The molecule has 3 aromatic rings. The third-order valence-corrected chi connectivity index (χ3v) is 7.14. The first-order valence-electron chi connectivity index (χ1n) is 12.9. The van der Waals surface area contributed by atoms with E-state index in [9.17, 15) is 9.59 Å². The number of carbonyl (C=O) groups is 2. The Kier molecular flexibility index (Phi) is 10.6. The van der Waals surface area contributed by atoms with E-state index in [4.69, 9.17) is 27.9 Å². The summed E-state index contributed by atoms with van der Waals surface area (Å²) in [4.78, 5) is 31.4. The van der Waals surface area contributed by atoms with Gasteiger partial charge in [-0.15, -0.1) is 0 Å². The van der Waals surface area contributed by atoms with Crippen LogP contribution < -0.4 is 5.32 Å². The summed E-state index contributed by atoms with van der Waals surface area (Å²) in [7, 11) is 0. The highest BCUT2D eigenvalue weighted by atomic mass is 35.5. The molecular formula is C30H33Cl2N3O3. The van der Waals surface area contributed by atoms with Gasteiger partial charge in [-0.2, -0.15) is 0 Å². The second kappa shape index (κ2) is 14.3. The van der Waals surface area contributed by atoms with Crippen molar-refractivity contribution in [2.24, 2.45) is 0 Å². The highest BCUT2D eigenvalue weighted by Gasteiger charge is 2.30. The van der Waals surface area contributed by atoms with E-state index >= 15 is 0 Å². The van der Waals surface area contributed by atoms with Crippen LogP contribution in [0.15, 0.2) is 78.9 Å². The van der Waals surface area contributed by atoms with E-state index in [-0.39, 0.29) is 24.8 Å². The minimum atomic E-state index is -0.683. The SMILES string of the molecule is O=C(NCCN1CCOCC1)[C@@H](Cc1ccccc1)N(Cc1ccc(Cl)cc1)C(=O)Cc1ccc(Cl)cc1. The molecule has 6 nitrogen and oxygen atoms in total. The van der Waals surface area contributed by atoms with Crippen LogP contribution in [-0.2, 0) is 33.7 Å². The smallest absolute Gasteiger partial charge is 0.243 e. The lowest BCUT2D eigenvalue weighted by Gasteiger charge is -2.32. The van der Waals surface area contributed by atoms with Gasteiger partial charge in [-0.3, -0.25) is 14.5 Å². The Bertz CT molecular complexity index is 1170. The highest BCUT2D eigenvalue weighted by Crippen LogP contribution is 2.19. The van der Waals surface area contributed by atoms with Gasteiger partial charge in [0.2, 0.25) is 11.8 Å². The van der Waals surface area contributed by atoms with Crippen molar-refractivity contribution in [3.8, 4) is 0 Å². The number of hydrogen-bond acceptors (Lipinski definition) is 4. The summed E-state index contributed by atoms with van der Waals surface area (Å²) < 4.78 is 5.42. The highest BCUT2D eigenvalue weighted by molar-refractivity contribution is 6.30. The first-order valence-corrected chi connectivity index (χ1v) is 13.6. The quantitative estimate of drug-likeness (QED) is 0.376. The largest absolute Gasteiger partial charge is 0.379 e. The predicted molar refractivity (Wildman–Crippen MR) is 151 cm³/mol. The lowest BCUT2D eigenvalue weighted by atomic mass is 10.0. The van der Waals surface area contributed by atoms with E-state index < -0.39 is 6.04 Å². The summed E-state index contributed by atoms with van der Waals surface area (Å²) in [6.07, 6.45) is 0.571. The summed E-state index contributed by atoms with van der Waals surface area (Å²) in [5.41, 5.74) is 2.73. The number of amides is 2. The van der Waals surface area contributed by atoms with Crippen molar-refractivity contribution < 1.29 is 14.3 Å². The number of morpholine rings is 1. The first-order chi connectivity index (χ1) is 18.5. The molecule has 8 heteroatoms. The standard InChI is InChI=1S/C30H33Cl2N3O3/c31-26-10-6-24(7-11-26)21-29(36)35(22-25-8-12-27(32)13-9-25)28(20-23-4-2-1-3-5-23)30(37)33-14-15-34-16-18-38-19-17-34/h1-13,28H,14-22H2,(H,33,37)/t28-/m1/s1. The minimum absolute atomic E-state index is 0.133. The van der Waals surface area contributed by atoms with Gasteiger partial charge < -0.3 is 15.0 Å². The normalized spacial score (nSPS) is 14.6. The van der Waals surface area contributed by atoms with Gasteiger partial charge >= 0.3 is 0 Å². The van der Waals surface area contributed by atoms with Gasteiger partial charge in [-0.05, 0) is 41.0 Å². The van der Waals surface area contributed by atoms with Crippen molar-refractivity contribution in [3.63, 3.8) is 0 Å². The molecule has 1 heterocycles. The predicted octanol–water partition coefficient (Wildman–Crippen LogP) is 4.62. The molecule has 1 saturated heterocycles. The molecule has 4 rings (SSSR count). The Morgan fingerprint density at radius 3 is 2.08 bits per heavy atom. The lowest BCUT2D eigenvalue weighted by Crippen LogP contribution is -2.52. The number of benzene rings is 3. The van der Waals surface area contributed by atoms with Crippen molar-refractivity contribution in [1.82, 2.24) is 15.1 Å². The molecule has 1 atom stereocenters. The van der Waals surface area contributed by atoms with Crippen LogP contribution >= 0.6 is 23.2 Å². The van der Waals surface area contributed by atoms with Gasteiger partial charge in [0.15, 0.2) is 0 Å². The number of rotatable bonds is 11. The van der Waals surface area contributed by atoms with Crippen molar-refractivity contribution in [2.45, 2.75) is 25.4 Å². The third kappa shape index (κ3) is 8.57. The Hall–Kier alpha value is -2.90. The van der Waals surface area contributed by atoms with Gasteiger partial charge in [-0.1, -0.05) is 77.8 Å². The van der Waals surface area contributed by atoms with E-state index in [1.807, 2.05) is 54.6 Å². The molecule has 0 aliphatic carbocycles. The van der Waals surface area contributed by atoms with Crippen LogP contribution in [0.5, 0.6) is 0 Å². The fraction of sp³-hybridized carbons (Fsp3) is 0.333. The zero-order chi connectivity index (χ0) is 26.7. The van der Waals surface area contributed by atoms with Crippen LogP contribution in [0.4, 0.5) is 0 Å². The Balaban J connectivity index is 1.57. The molecule has 38 heavy (non-hydrogen) atoms. The van der Waals surface area contributed by atoms with E-state index in [1.54, 1.807) is 29.2 Å². The van der Waals surface area contributed by atoms with E-state index in [1.165, 1.54) is 0 Å². The van der Waals surface area contributed by atoms with E-state index in [2.05, 4.69) is 10.2 Å². The van der Waals surface area contributed by atoms with Crippen LogP contribution in [0.3, 0.4) is 0 Å². The maximum atomic E-state index is 13.8. The summed E-state index contributed by atoms with van der Waals surface area (Å²) in [5.74, 6) is -0.299. The van der Waals surface area contributed by atoms with Crippen LogP contribution in [0.2, 0.25) is 10.0 Å². The summed E-state index contributed by atoms with van der Waals surface area (Å²) >= 11 is 12.2. The average Bonchev–Trinajstić information content (AvgIpc) is 2.94. The molecule has 0 aromatic heterocycles. The van der Waals surface area contributed by atoms with Crippen molar-refractivity contribution in [1.29, 1.82) is 0 Å². The molecule has 0 spiro atoms. The number of ether oxygens (including phenoxy) is 1. The maximum absolute atomic E-state index is 13.8. The molecule has 1 N–H and O–H groups in total. The molecule has 0 saturated carbocycles. The second-order valence-electron chi connectivity index (χ2n) is 9.40. The Morgan fingerprint density at radius 2 is 1.45 bits per heavy atom. The molecule has 1 aliphatic rings. The topological polar surface area (TPSA) is 61.9 Å². The molecule has 1 aliphatic heterocycles. The molecule has 1 fully saturated rings. The van der Waals surface area contributed by atoms with Crippen molar-refractivity contribution in [2.75, 3.05) is 39.4 Å². The van der Waals surface area contributed by atoms with Crippen LogP contribution in [-0.4, -0.2) is 67.0 Å². The molecule has 0 radical (unpaired) electrons. The van der Waals surface area contributed by atoms with Gasteiger partial charge in [-0.25, -0.2) is 0 Å². The number of halogens is 2. The summed E-state index contributed by atoms with van der Waals surface area (Å²) in [6, 6.07) is 23.7. The number of hydrogen-bond donors (Lipinski definition) is 1. The molecule has 2 amide bonds. The summed E-state index contributed by atoms with van der Waals surface area (Å²) in [5, 5.41) is 4.33. The fourth-order valence-corrected chi connectivity index (χ4v) is 4.75. The van der Waals surface area contributed by atoms with Crippen molar-refractivity contribution in [3.05, 3.63) is 106 Å². The average molecular weight is 555 g/mol. The van der Waals surface area contributed by atoms with Gasteiger partial charge in [0.05, 0.1) is 19.6 Å².